The number of hydrogen-bond donors (Lipinski definition) is 1. The summed E-state index contributed by atoms with van der Waals surface area (Å²) >= 11 is 5.79. The van der Waals surface area contributed by atoms with Gasteiger partial charge in [-0.15, -0.1) is 0 Å². The molecule has 25 heavy (non-hydrogen) atoms. The predicted molar refractivity (Wildman–Crippen MR) is 96.8 cm³/mol. The van der Waals surface area contributed by atoms with Gasteiger partial charge in [0.1, 0.15) is 17.2 Å². The maximum absolute atomic E-state index is 11.9. The lowest BCUT2D eigenvalue weighted by atomic mass is 10.1. The van der Waals surface area contributed by atoms with Crippen LogP contribution in [0.4, 0.5) is 0 Å². The van der Waals surface area contributed by atoms with Crippen LogP contribution < -0.4 is 19.6 Å². The van der Waals surface area contributed by atoms with Crippen LogP contribution in [0.2, 0.25) is 5.02 Å². The van der Waals surface area contributed by atoms with Crippen molar-refractivity contribution in [1.82, 2.24) is 5.43 Å². The van der Waals surface area contributed by atoms with Gasteiger partial charge in [0, 0.05) is 10.6 Å². The van der Waals surface area contributed by atoms with E-state index in [1.165, 1.54) is 0 Å². The molecule has 0 saturated carbocycles. The molecule has 0 saturated heterocycles. The normalized spacial score (nSPS) is 11.0. The molecule has 7 heteroatoms. The summed E-state index contributed by atoms with van der Waals surface area (Å²) in [5.74, 6) is 1.47. The standard InChI is InChI=1S/C18H19ClN2O4/c1-12(16-10-15(23-2)8-9-17(16)24-3)20-21-18(22)11-25-14-6-4-13(19)5-7-14/h4-10H,11H2,1-3H3,(H,21,22)/b20-12-. The second kappa shape index (κ2) is 8.94. The topological polar surface area (TPSA) is 69.2 Å². The molecule has 0 unspecified atom stereocenters. The molecule has 1 amide bonds. The maximum atomic E-state index is 11.9. The molecule has 2 rings (SSSR count). The monoisotopic (exact) mass is 362 g/mol. The van der Waals surface area contributed by atoms with Crippen LogP contribution in [0.5, 0.6) is 17.2 Å². The highest BCUT2D eigenvalue weighted by Gasteiger charge is 2.09. The van der Waals surface area contributed by atoms with Crippen LogP contribution in [0.15, 0.2) is 47.6 Å². The highest BCUT2D eigenvalue weighted by atomic mass is 35.5. The average molecular weight is 363 g/mol. The quantitative estimate of drug-likeness (QED) is 0.606. The third kappa shape index (κ3) is 5.39. The average Bonchev–Trinajstić information content (AvgIpc) is 2.65. The lowest BCUT2D eigenvalue weighted by molar-refractivity contribution is -0.123. The van der Waals surface area contributed by atoms with Crippen LogP contribution in [-0.2, 0) is 4.79 Å². The molecule has 2 aromatic rings. The molecule has 0 aromatic heterocycles. The van der Waals surface area contributed by atoms with Crippen molar-refractivity contribution in [2.24, 2.45) is 5.10 Å². The van der Waals surface area contributed by atoms with Crippen molar-refractivity contribution in [3.63, 3.8) is 0 Å². The molecule has 0 spiro atoms. The van der Waals surface area contributed by atoms with Gasteiger partial charge in [0.15, 0.2) is 6.61 Å². The molecule has 0 aliphatic rings. The van der Waals surface area contributed by atoms with Gasteiger partial charge in [-0.1, -0.05) is 11.6 Å². The molecule has 0 fully saturated rings. The minimum Gasteiger partial charge on any atom is -0.497 e. The van der Waals surface area contributed by atoms with Crippen molar-refractivity contribution in [1.29, 1.82) is 0 Å². The largest absolute Gasteiger partial charge is 0.497 e. The number of halogens is 1. The molecule has 0 heterocycles. The van der Waals surface area contributed by atoms with E-state index in [0.717, 1.165) is 5.56 Å². The van der Waals surface area contributed by atoms with Gasteiger partial charge in [-0.2, -0.15) is 5.10 Å². The summed E-state index contributed by atoms with van der Waals surface area (Å²) in [6.45, 7) is 1.60. The van der Waals surface area contributed by atoms with E-state index in [2.05, 4.69) is 10.5 Å². The van der Waals surface area contributed by atoms with E-state index in [9.17, 15) is 4.79 Å². The van der Waals surface area contributed by atoms with E-state index in [1.807, 2.05) is 0 Å². The van der Waals surface area contributed by atoms with E-state index in [-0.39, 0.29) is 12.5 Å². The number of carbonyl (C=O) groups excluding carboxylic acids is 1. The predicted octanol–water partition coefficient (Wildman–Crippen LogP) is 3.28. The molecular formula is C18H19ClN2O4. The fourth-order valence-electron chi connectivity index (χ4n) is 2.02. The Hall–Kier alpha value is -2.73. The van der Waals surface area contributed by atoms with E-state index < -0.39 is 0 Å². The number of benzene rings is 2. The molecule has 0 aliphatic heterocycles. The van der Waals surface area contributed by atoms with Gasteiger partial charge < -0.3 is 14.2 Å². The van der Waals surface area contributed by atoms with Crippen molar-refractivity contribution >= 4 is 23.2 Å². The molecule has 0 aliphatic carbocycles. The Morgan fingerprint density at radius 3 is 2.40 bits per heavy atom. The smallest absolute Gasteiger partial charge is 0.277 e. The highest BCUT2D eigenvalue weighted by molar-refractivity contribution is 6.30. The Bertz CT molecular complexity index is 760. The van der Waals surface area contributed by atoms with E-state index in [0.29, 0.717) is 28.0 Å². The van der Waals surface area contributed by atoms with Gasteiger partial charge in [0.25, 0.3) is 5.91 Å². The third-order valence-electron chi connectivity index (χ3n) is 3.33. The van der Waals surface area contributed by atoms with Gasteiger partial charge in [-0.05, 0) is 49.4 Å². The number of amides is 1. The molecule has 6 nitrogen and oxygen atoms in total. The number of carbonyl (C=O) groups is 1. The third-order valence-corrected chi connectivity index (χ3v) is 3.58. The Morgan fingerprint density at radius 2 is 1.76 bits per heavy atom. The number of nitrogens with one attached hydrogen (secondary N) is 1. The van der Waals surface area contributed by atoms with Crippen LogP contribution in [0.25, 0.3) is 0 Å². The van der Waals surface area contributed by atoms with Crippen LogP contribution in [0, 0.1) is 0 Å². The highest BCUT2D eigenvalue weighted by Crippen LogP contribution is 2.24. The first-order chi connectivity index (χ1) is 12.0. The summed E-state index contributed by atoms with van der Waals surface area (Å²) in [4.78, 5) is 11.9. The Labute approximate surface area is 151 Å². The zero-order valence-electron chi connectivity index (χ0n) is 14.2. The van der Waals surface area contributed by atoms with Crippen LogP contribution in [-0.4, -0.2) is 32.4 Å². The summed E-state index contributed by atoms with van der Waals surface area (Å²) in [5, 5.41) is 4.69. The molecular weight excluding hydrogens is 344 g/mol. The summed E-state index contributed by atoms with van der Waals surface area (Å²) in [7, 11) is 3.14. The van der Waals surface area contributed by atoms with E-state index >= 15 is 0 Å². The maximum Gasteiger partial charge on any atom is 0.277 e. The lowest BCUT2D eigenvalue weighted by Crippen LogP contribution is -2.25. The molecule has 0 bridgehead atoms. The summed E-state index contributed by atoms with van der Waals surface area (Å²) in [6, 6.07) is 12.1. The lowest BCUT2D eigenvalue weighted by Gasteiger charge is -2.10. The van der Waals surface area contributed by atoms with Gasteiger partial charge >= 0.3 is 0 Å². The van der Waals surface area contributed by atoms with E-state index in [1.54, 1.807) is 63.6 Å². The first-order valence-electron chi connectivity index (χ1n) is 7.47. The van der Waals surface area contributed by atoms with Crippen LogP contribution >= 0.6 is 11.6 Å². The molecule has 0 radical (unpaired) electrons. The Kier molecular flexibility index (Phi) is 6.65. The Balaban J connectivity index is 1.98. The van der Waals surface area contributed by atoms with Crippen molar-refractivity contribution in [2.75, 3.05) is 20.8 Å². The Morgan fingerprint density at radius 1 is 1.08 bits per heavy atom. The number of hydrazone groups is 1. The van der Waals surface area contributed by atoms with Gasteiger partial charge in [0.2, 0.25) is 0 Å². The van der Waals surface area contributed by atoms with Gasteiger partial charge in [-0.3, -0.25) is 4.79 Å². The van der Waals surface area contributed by atoms with Crippen molar-refractivity contribution in [2.45, 2.75) is 6.92 Å². The number of rotatable bonds is 7. The number of hydrogen-bond acceptors (Lipinski definition) is 5. The fourth-order valence-corrected chi connectivity index (χ4v) is 2.14. The van der Waals surface area contributed by atoms with Gasteiger partial charge in [-0.25, -0.2) is 5.43 Å². The summed E-state index contributed by atoms with van der Waals surface area (Å²) in [6.07, 6.45) is 0. The molecule has 132 valence electrons. The van der Waals surface area contributed by atoms with Crippen molar-refractivity contribution < 1.29 is 19.0 Å². The fraction of sp³-hybridized carbons (Fsp3) is 0.222. The van der Waals surface area contributed by atoms with Gasteiger partial charge in [0.05, 0.1) is 19.9 Å². The first kappa shape index (κ1) is 18.6. The first-order valence-corrected chi connectivity index (χ1v) is 7.85. The zero-order valence-corrected chi connectivity index (χ0v) is 15.0. The molecule has 0 atom stereocenters. The number of ether oxygens (including phenoxy) is 3. The van der Waals surface area contributed by atoms with Crippen LogP contribution in [0.3, 0.4) is 0 Å². The number of nitrogens with zero attached hydrogens (tertiary/aromatic N) is 1. The summed E-state index contributed by atoms with van der Waals surface area (Å²) in [5.41, 5.74) is 3.76. The second-order valence-corrected chi connectivity index (χ2v) is 5.48. The SMILES string of the molecule is COc1ccc(OC)c(/C(C)=N\NC(=O)COc2ccc(Cl)cc2)c1. The van der Waals surface area contributed by atoms with Crippen LogP contribution in [0.1, 0.15) is 12.5 Å². The van der Waals surface area contributed by atoms with Crippen molar-refractivity contribution in [3.05, 3.63) is 53.1 Å². The van der Waals surface area contributed by atoms with E-state index in [4.69, 9.17) is 25.8 Å². The minimum atomic E-state index is -0.379. The second-order valence-electron chi connectivity index (χ2n) is 5.04. The number of methoxy groups -OCH3 is 2. The van der Waals surface area contributed by atoms with Crippen molar-refractivity contribution in [3.8, 4) is 17.2 Å². The molecule has 2 aromatic carbocycles. The zero-order chi connectivity index (χ0) is 18.2. The molecule has 1 N–H and O–H groups in total. The minimum absolute atomic E-state index is 0.159. The summed E-state index contributed by atoms with van der Waals surface area (Å²) < 4.78 is 15.9.